The second kappa shape index (κ2) is 7.43. The number of hydrogen-bond acceptors (Lipinski definition) is 2. The number of alkyl halides is 3. The van der Waals surface area contributed by atoms with E-state index in [4.69, 9.17) is 10.5 Å². The lowest BCUT2D eigenvalue weighted by atomic mass is 9.68. The van der Waals surface area contributed by atoms with Crippen molar-refractivity contribution < 1.29 is 17.9 Å². The lowest BCUT2D eigenvalue weighted by molar-refractivity contribution is -0.0696. The second-order valence-corrected chi connectivity index (χ2v) is 7.30. The van der Waals surface area contributed by atoms with Gasteiger partial charge >= 0.3 is 6.18 Å². The number of nitrogens with two attached hydrogens (primary N) is 1. The Labute approximate surface area is 157 Å². The van der Waals surface area contributed by atoms with E-state index in [9.17, 15) is 13.2 Å². The van der Waals surface area contributed by atoms with Crippen molar-refractivity contribution in [2.75, 3.05) is 14.2 Å². The predicted octanol–water partition coefficient (Wildman–Crippen LogP) is 3.31. The van der Waals surface area contributed by atoms with Crippen LogP contribution in [0.4, 0.5) is 13.2 Å². The third-order valence-corrected chi connectivity index (χ3v) is 5.70. The Hall–Kier alpha value is -2.20. The van der Waals surface area contributed by atoms with Crippen LogP contribution in [0.1, 0.15) is 48.4 Å². The number of nitrogens with zero attached hydrogens (tertiary/aromatic N) is 1. The Bertz CT molecular complexity index is 784. The van der Waals surface area contributed by atoms with E-state index in [0.717, 1.165) is 43.2 Å². The van der Waals surface area contributed by atoms with Crippen molar-refractivity contribution in [1.29, 1.82) is 0 Å². The summed E-state index contributed by atoms with van der Waals surface area (Å²) < 4.78 is 42.8. The van der Waals surface area contributed by atoms with Crippen LogP contribution in [0.25, 0.3) is 0 Å². The molecule has 27 heavy (non-hydrogen) atoms. The summed E-state index contributed by atoms with van der Waals surface area (Å²) in [5.41, 5.74) is 8.26. The summed E-state index contributed by atoms with van der Waals surface area (Å²) in [6.45, 7) is 0. The third-order valence-electron chi connectivity index (χ3n) is 5.70. The summed E-state index contributed by atoms with van der Waals surface area (Å²) in [6.07, 6.45) is 0.347. The normalized spacial score (nSPS) is 27.8. The van der Waals surface area contributed by atoms with E-state index < -0.39 is 6.18 Å². The molecule has 7 heteroatoms. The molecule has 0 amide bonds. The monoisotopic (exact) mass is 379 g/mol. The lowest BCUT2D eigenvalue weighted by Gasteiger charge is -2.40. The standard InChI is InChI=1S/C20H24F3N3O/c1-25-18(24)26-17-16-11-13(5-10-20(21,22)23)3-4-14(16)12-19(17)8-6-15(27-2)7-9-19/h3-4,11,15,17H,6-9,12H2,1-2H3,(H3,24,25,26). The number of aliphatic imine (C=N–C) groups is 1. The molecular formula is C20H24F3N3O. The van der Waals surface area contributed by atoms with E-state index in [1.54, 1.807) is 26.3 Å². The molecule has 1 aromatic carbocycles. The highest BCUT2D eigenvalue weighted by atomic mass is 19.4. The van der Waals surface area contributed by atoms with Crippen LogP contribution in [0.15, 0.2) is 23.2 Å². The molecule has 146 valence electrons. The third kappa shape index (κ3) is 4.22. The Kier molecular flexibility index (Phi) is 5.38. The molecule has 2 aliphatic carbocycles. The van der Waals surface area contributed by atoms with Gasteiger partial charge in [-0.15, -0.1) is 0 Å². The molecule has 0 aromatic heterocycles. The minimum atomic E-state index is -4.51. The second-order valence-electron chi connectivity index (χ2n) is 7.30. The zero-order chi connectivity index (χ0) is 19.7. The molecule has 1 atom stereocenters. The average Bonchev–Trinajstić information content (AvgIpc) is 2.92. The summed E-state index contributed by atoms with van der Waals surface area (Å²) in [5.74, 6) is 3.89. The first-order valence-electron chi connectivity index (χ1n) is 9.03. The number of rotatable bonds is 2. The van der Waals surface area contributed by atoms with Crippen LogP contribution in [-0.2, 0) is 11.2 Å². The van der Waals surface area contributed by atoms with Crippen molar-refractivity contribution >= 4 is 5.96 Å². The summed E-state index contributed by atoms with van der Waals surface area (Å²) >= 11 is 0. The molecule has 3 N–H and O–H groups in total. The molecule has 1 spiro atoms. The van der Waals surface area contributed by atoms with Gasteiger partial charge in [-0.05, 0) is 55.4 Å². The van der Waals surface area contributed by atoms with Gasteiger partial charge in [-0.3, -0.25) is 0 Å². The van der Waals surface area contributed by atoms with E-state index in [2.05, 4.69) is 16.2 Å². The fourth-order valence-electron chi connectivity index (χ4n) is 4.30. The van der Waals surface area contributed by atoms with Crippen molar-refractivity contribution in [2.45, 2.75) is 50.4 Å². The molecule has 0 heterocycles. The molecular weight excluding hydrogens is 355 g/mol. The van der Waals surface area contributed by atoms with Gasteiger partial charge in [-0.2, -0.15) is 13.2 Å². The van der Waals surface area contributed by atoms with Crippen molar-refractivity contribution in [2.24, 2.45) is 16.1 Å². The number of hydrogen-bond donors (Lipinski definition) is 2. The summed E-state index contributed by atoms with van der Waals surface area (Å²) in [4.78, 5) is 4.69. The molecule has 0 aliphatic heterocycles. The van der Waals surface area contributed by atoms with Crippen molar-refractivity contribution in [3.63, 3.8) is 0 Å². The maximum absolute atomic E-state index is 12.4. The minimum absolute atomic E-state index is 0.0745. The van der Waals surface area contributed by atoms with Crippen molar-refractivity contribution in [3.8, 4) is 11.8 Å². The largest absolute Gasteiger partial charge is 0.458 e. The van der Waals surface area contributed by atoms with Gasteiger partial charge in [0.25, 0.3) is 0 Å². The number of ether oxygens (including phenoxy) is 1. The summed E-state index contributed by atoms with van der Waals surface area (Å²) in [7, 11) is 3.43. The Morgan fingerprint density at radius 3 is 2.63 bits per heavy atom. The zero-order valence-electron chi connectivity index (χ0n) is 15.5. The maximum atomic E-state index is 12.4. The average molecular weight is 379 g/mol. The quantitative estimate of drug-likeness (QED) is 0.471. The number of fused-ring (bicyclic) bond motifs is 1. The van der Waals surface area contributed by atoms with Crippen LogP contribution in [0.3, 0.4) is 0 Å². The molecule has 3 rings (SSSR count). The van der Waals surface area contributed by atoms with Gasteiger partial charge in [-0.1, -0.05) is 12.0 Å². The highest BCUT2D eigenvalue weighted by Crippen LogP contribution is 2.56. The first-order valence-corrected chi connectivity index (χ1v) is 9.03. The molecule has 1 unspecified atom stereocenters. The number of nitrogens with one attached hydrogen (secondary N) is 1. The van der Waals surface area contributed by atoms with Gasteiger partial charge in [0.05, 0.1) is 12.1 Å². The lowest BCUT2D eigenvalue weighted by Crippen LogP contribution is -2.36. The van der Waals surface area contributed by atoms with Gasteiger partial charge in [0.2, 0.25) is 0 Å². The Balaban J connectivity index is 1.98. The molecule has 0 bridgehead atoms. The van der Waals surface area contributed by atoms with Crippen LogP contribution >= 0.6 is 0 Å². The van der Waals surface area contributed by atoms with Crippen LogP contribution in [-0.4, -0.2) is 32.4 Å². The number of benzene rings is 1. The van der Waals surface area contributed by atoms with E-state index in [1.165, 1.54) is 5.92 Å². The molecule has 0 saturated heterocycles. The Morgan fingerprint density at radius 2 is 2.04 bits per heavy atom. The first-order chi connectivity index (χ1) is 12.8. The zero-order valence-corrected chi connectivity index (χ0v) is 15.5. The van der Waals surface area contributed by atoms with E-state index >= 15 is 0 Å². The highest BCUT2D eigenvalue weighted by Gasteiger charge is 2.48. The van der Waals surface area contributed by atoms with Crippen LogP contribution in [0, 0.1) is 17.3 Å². The van der Waals surface area contributed by atoms with E-state index in [0.29, 0.717) is 11.5 Å². The number of halogens is 3. The topological polar surface area (TPSA) is 59.6 Å². The van der Waals surface area contributed by atoms with Crippen molar-refractivity contribution in [1.82, 2.24) is 5.32 Å². The van der Waals surface area contributed by atoms with Gasteiger partial charge in [-0.25, -0.2) is 4.99 Å². The fraction of sp³-hybridized carbons (Fsp3) is 0.550. The molecule has 1 fully saturated rings. The fourth-order valence-corrected chi connectivity index (χ4v) is 4.30. The summed E-state index contributed by atoms with van der Waals surface area (Å²) in [5, 5.41) is 2.85. The molecule has 2 aliphatic rings. The minimum Gasteiger partial charge on any atom is -0.381 e. The van der Waals surface area contributed by atoms with Gasteiger partial charge in [0.15, 0.2) is 5.96 Å². The van der Waals surface area contributed by atoms with Gasteiger partial charge in [0.1, 0.15) is 0 Å². The predicted molar refractivity (Wildman–Crippen MR) is 98.2 cm³/mol. The van der Waals surface area contributed by atoms with E-state index in [-0.39, 0.29) is 17.6 Å². The highest BCUT2D eigenvalue weighted by molar-refractivity contribution is 5.78. The van der Waals surface area contributed by atoms with Gasteiger partial charge < -0.3 is 15.8 Å². The van der Waals surface area contributed by atoms with Crippen LogP contribution in [0.5, 0.6) is 0 Å². The molecule has 4 nitrogen and oxygen atoms in total. The smallest absolute Gasteiger partial charge is 0.381 e. The molecule has 1 aromatic rings. The molecule has 1 saturated carbocycles. The van der Waals surface area contributed by atoms with Gasteiger partial charge in [0, 0.05) is 31.1 Å². The Morgan fingerprint density at radius 1 is 1.33 bits per heavy atom. The molecule has 0 radical (unpaired) electrons. The van der Waals surface area contributed by atoms with Crippen molar-refractivity contribution in [3.05, 3.63) is 34.9 Å². The van der Waals surface area contributed by atoms with Crippen LogP contribution in [0.2, 0.25) is 0 Å². The van der Waals surface area contributed by atoms with E-state index in [1.807, 2.05) is 6.07 Å². The SMILES string of the molecule is CN/C(N)=N\C1c2cc(C#CC(F)(F)F)ccc2CC12CCC(OC)CC2. The van der Waals surface area contributed by atoms with Crippen LogP contribution < -0.4 is 11.1 Å². The number of guanidine groups is 1. The summed E-state index contributed by atoms with van der Waals surface area (Å²) in [6, 6.07) is 5.08. The first kappa shape index (κ1) is 19.6. The number of methoxy groups -OCH3 is 1. The maximum Gasteiger partial charge on any atom is 0.458 e.